The summed E-state index contributed by atoms with van der Waals surface area (Å²) in [6.07, 6.45) is 4.92. The van der Waals surface area contributed by atoms with Gasteiger partial charge in [-0.2, -0.15) is 5.10 Å². The van der Waals surface area contributed by atoms with Gasteiger partial charge in [0.2, 0.25) is 0 Å². The van der Waals surface area contributed by atoms with E-state index >= 15 is 0 Å². The zero-order valence-electron chi connectivity index (χ0n) is 17.0. The Morgan fingerprint density at radius 1 is 0.867 bits per heavy atom. The molecule has 1 atom stereocenters. The molecule has 0 unspecified atom stereocenters. The Balaban J connectivity index is 1.63. The van der Waals surface area contributed by atoms with Crippen LogP contribution in [0.4, 0.5) is 5.69 Å². The number of para-hydroxylation sites is 1. The molecule has 1 heterocycles. The molecule has 4 rings (SSSR count). The Kier molecular flexibility index (Phi) is 6.05. The van der Waals surface area contributed by atoms with E-state index in [1.165, 1.54) is 0 Å². The summed E-state index contributed by atoms with van der Waals surface area (Å²) < 4.78 is 10.5. The number of nitrogens with zero attached hydrogens (tertiary/aromatic N) is 2. The van der Waals surface area contributed by atoms with Gasteiger partial charge in [0.25, 0.3) is 0 Å². The molecule has 30 heavy (non-hydrogen) atoms. The molecule has 5 heteroatoms. The van der Waals surface area contributed by atoms with Crippen LogP contribution in [0.3, 0.4) is 0 Å². The lowest BCUT2D eigenvalue weighted by Gasteiger charge is -2.25. The van der Waals surface area contributed by atoms with Crippen LogP contribution in [0.25, 0.3) is 6.08 Å². The first kappa shape index (κ1) is 20.0. The van der Waals surface area contributed by atoms with Crippen molar-refractivity contribution >= 4 is 29.1 Å². The fraction of sp³-hybridized carbons (Fsp3) is 0.160. The minimum absolute atomic E-state index is 0.0614. The van der Waals surface area contributed by atoms with Crippen molar-refractivity contribution in [1.29, 1.82) is 0 Å². The molecule has 0 saturated heterocycles. The van der Waals surface area contributed by atoms with E-state index < -0.39 is 0 Å². The van der Waals surface area contributed by atoms with Crippen LogP contribution in [0.15, 0.2) is 84.0 Å². The highest BCUT2D eigenvalue weighted by Gasteiger charge is 2.29. The summed E-state index contributed by atoms with van der Waals surface area (Å²) in [5.74, 6) is 1.68. The van der Waals surface area contributed by atoms with Crippen molar-refractivity contribution < 1.29 is 9.47 Å². The quantitative estimate of drug-likeness (QED) is 0.466. The summed E-state index contributed by atoms with van der Waals surface area (Å²) >= 11 is 6.49. The lowest BCUT2D eigenvalue weighted by Crippen LogP contribution is -2.18. The van der Waals surface area contributed by atoms with Crippen molar-refractivity contribution in [3.05, 3.63) is 95.0 Å². The minimum atomic E-state index is 0.0614. The molecule has 1 aliphatic rings. The number of ether oxygens (including phenoxy) is 2. The van der Waals surface area contributed by atoms with Crippen LogP contribution in [0.1, 0.15) is 23.6 Å². The van der Waals surface area contributed by atoms with Gasteiger partial charge in [-0.15, -0.1) is 0 Å². The van der Waals surface area contributed by atoms with Crippen LogP contribution in [-0.2, 0) is 0 Å². The average Bonchev–Trinajstić information content (AvgIpc) is 3.22. The third-order valence-corrected chi connectivity index (χ3v) is 5.44. The molecule has 0 spiro atoms. The highest BCUT2D eigenvalue weighted by atomic mass is 35.5. The predicted octanol–water partition coefficient (Wildman–Crippen LogP) is 6.38. The van der Waals surface area contributed by atoms with Crippen molar-refractivity contribution in [3.8, 4) is 11.5 Å². The molecule has 0 bridgehead atoms. The normalized spacial score (nSPS) is 16.0. The maximum atomic E-state index is 6.49. The van der Waals surface area contributed by atoms with Gasteiger partial charge in [-0.3, -0.25) is 5.01 Å². The van der Waals surface area contributed by atoms with Crippen LogP contribution >= 0.6 is 11.6 Å². The molecule has 0 radical (unpaired) electrons. The maximum Gasteiger partial charge on any atom is 0.118 e. The molecule has 152 valence electrons. The lowest BCUT2D eigenvalue weighted by molar-refractivity contribution is 0.414. The third kappa shape index (κ3) is 4.34. The first-order valence-electron chi connectivity index (χ1n) is 9.75. The summed E-state index contributed by atoms with van der Waals surface area (Å²) in [6, 6.07) is 23.9. The fourth-order valence-electron chi connectivity index (χ4n) is 3.49. The number of anilines is 1. The molecule has 4 nitrogen and oxygen atoms in total. The summed E-state index contributed by atoms with van der Waals surface area (Å²) in [5, 5.41) is 7.58. The molecule has 3 aromatic rings. The number of hydrazone groups is 1. The topological polar surface area (TPSA) is 34.1 Å². The van der Waals surface area contributed by atoms with Gasteiger partial charge in [0.15, 0.2) is 0 Å². The fourth-order valence-corrected chi connectivity index (χ4v) is 3.71. The highest BCUT2D eigenvalue weighted by Crippen LogP contribution is 2.39. The van der Waals surface area contributed by atoms with E-state index in [-0.39, 0.29) is 6.04 Å². The molecular weight excluding hydrogens is 396 g/mol. The summed E-state index contributed by atoms with van der Waals surface area (Å²) in [4.78, 5) is 0. The number of hydrogen-bond donors (Lipinski definition) is 0. The largest absolute Gasteiger partial charge is 0.497 e. The monoisotopic (exact) mass is 418 g/mol. The van der Waals surface area contributed by atoms with Crippen molar-refractivity contribution in [2.75, 3.05) is 19.2 Å². The van der Waals surface area contributed by atoms with Gasteiger partial charge in [0.05, 0.1) is 36.7 Å². The van der Waals surface area contributed by atoms with Gasteiger partial charge < -0.3 is 9.47 Å². The smallest absolute Gasteiger partial charge is 0.118 e. The molecule has 0 fully saturated rings. The maximum absolute atomic E-state index is 6.49. The number of rotatable bonds is 6. The molecule has 0 saturated carbocycles. The molecule has 3 aromatic carbocycles. The van der Waals surface area contributed by atoms with E-state index in [4.69, 9.17) is 26.2 Å². The third-order valence-electron chi connectivity index (χ3n) is 5.12. The molecule has 0 N–H and O–H groups in total. The standard InChI is InChI=1S/C25H23ClN2O2/c1-29-21-13-8-18(9-14-21)7-12-20-17-25(19-10-15-22(30-2)16-11-19)28(27-20)24-6-4-3-5-23(24)26/h3-16,25H,17H2,1-2H3/b12-7+/t25-/m0/s1. The van der Waals surface area contributed by atoms with Crippen molar-refractivity contribution in [2.45, 2.75) is 12.5 Å². The van der Waals surface area contributed by atoms with Gasteiger partial charge in [0, 0.05) is 6.42 Å². The van der Waals surface area contributed by atoms with Gasteiger partial charge in [-0.1, -0.05) is 54.1 Å². The van der Waals surface area contributed by atoms with E-state index in [2.05, 4.69) is 24.3 Å². The van der Waals surface area contributed by atoms with Gasteiger partial charge in [0.1, 0.15) is 11.5 Å². The second-order valence-corrected chi connectivity index (χ2v) is 7.39. The number of halogens is 1. The Labute approximate surface area is 182 Å². The first-order valence-corrected chi connectivity index (χ1v) is 10.1. The molecule has 1 aliphatic heterocycles. The van der Waals surface area contributed by atoms with E-state index in [1.807, 2.05) is 65.7 Å². The van der Waals surface area contributed by atoms with Crippen LogP contribution in [0.2, 0.25) is 5.02 Å². The summed E-state index contributed by atoms with van der Waals surface area (Å²) in [6.45, 7) is 0. The Bertz CT molecular complexity index is 1060. The van der Waals surface area contributed by atoms with Crippen molar-refractivity contribution in [2.24, 2.45) is 5.10 Å². The minimum Gasteiger partial charge on any atom is -0.497 e. The Hall–Kier alpha value is -3.24. The summed E-state index contributed by atoms with van der Waals surface area (Å²) in [7, 11) is 3.34. The van der Waals surface area contributed by atoms with Crippen LogP contribution in [0, 0.1) is 0 Å². The average molecular weight is 419 g/mol. The predicted molar refractivity (Wildman–Crippen MR) is 124 cm³/mol. The van der Waals surface area contributed by atoms with E-state index in [0.29, 0.717) is 5.02 Å². The molecule has 0 amide bonds. The number of methoxy groups -OCH3 is 2. The van der Waals surface area contributed by atoms with Crippen LogP contribution < -0.4 is 14.5 Å². The highest BCUT2D eigenvalue weighted by molar-refractivity contribution is 6.33. The van der Waals surface area contributed by atoms with E-state index in [0.717, 1.165) is 40.4 Å². The Morgan fingerprint density at radius 2 is 1.50 bits per heavy atom. The zero-order chi connectivity index (χ0) is 20.9. The van der Waals surface area contributed by atoms with E-state index in [9.17, 15) is 0 Å². The second-order valence-electron chi connectivity index (χ2n) is 6.99. The van der Waals surface area contributed by atoms with Crippen molar-refractivity contribution in [1.82, 2.24) is 0 Å². The van der Waals surface area contributed by atoms with Crippen LogP contribution in [0.5, 0.6) is 11.5 Å². The Morgan fingerprint density at radius 3 is 2.13 bits per heavy atom. The second kappa shape index (κ2) is 9.06. The number of allylic oxidation sites excluding steroid dienone is 1. The van der Waals surface area contributed by atoms with Gasteiger partial charge in [-0.05, 0) is 53.6 Å². The van der Waals surface area contributed by atoms with Crippen LogP contribution in [-0.4, -0.2) is 19.9 Å². The van der Waals surface area contributed by atoms with Gasteiger partial charge in [-0.25, -0.2) is 0 Å². The van der Waals surface area contributed by atoms with E-state index in [1.54, 1.807) is 14.2 Å². The van der Waals surface area contributed by atoms with Gasteiger partial charge >= 0.3 is 0 Å². The SMILES string of the molecule is COc1ccc(/C=C/C2=NN(c3ccccc3Cl)[C@H](c3ccc(OC)cc3)C2)cc1. The first-order chi connectivity index (χ1) is 14.7. The number of hydrogen-bond acceptors (Lipinski definition) is 4. The summed E-state index contributed by atoms with van der Waals surface area (Å²) in [5.41, 5.74) is 4.14. The molecular formula is C25H23ClN2O2. The number of benzene rings is 3. The molecule has 0 aromatic heterocycles. The molecule has 0 aliphatic carbocycles. The van der Waals surface area contributed by atoms with Crippen molar-refractivity contribution in [3.63, 3.8) is 0 Å². The lowest BCUT2D eigenvalue weighted by atomic mass is 10.0. The zero-order valence-corrected chi connectivity index (χ0v) is 17.7.